The fourth-order valence-electron chi connectivity index (χ4n) is 5.99. The highest BCUT2D eigenvalue weighted by molar-refractivity contribution is 5.93. The third-order valence-corrected chi connectivity index (χ3v) is 8.46. The minimum absolute atomic E-state index is 0. The Morgan fingerprint density at radius 2 is 1.00 bits per heavy atom. The molecule has 0 saturated carbocycles. The van der Waals surface area contributed by atoms with Crippen molar-refractivity contribution < 1.29 is 0 Å². The van der Waals surface area contributed by atoms with Gasteiger partial charge in [0.2, 0.25) is 0 Å². The van der Waals surface area contributed by atoms with E-state index < -0.39 is 0 Å². The maximum atomic E-state index is 3.67. The van der Waals surface area contributed by atoms with Crippen LogP contribution >= 0.6 is 24.8 Å². The molecular formula is C43H48Cl2N2. The van der Waals surface area contributed by atoms with Crippen LogP contribution in [-0.2, 0) is 0 Å². The molecule has 0 aromatic heterocycles. The van der Waals surface area contributed by atoms with Gasteiger partial charge in [-0.2, -0.15) is 0 Å². The van der Waals surface area contributed by atoms with E-state index in [1.165, 1.54) is 44.5 Å². The Morgan fingerprint density at radius 3 is 1.47 bits per heavy atom. The van der Waals surface area contributed by atoms with Gasteiger partial charge in [-0.05, 0) is 84.9 Å². The molecule has 1 unspecified atom stereocenters. The predicted molar refractivity (Wildman–Crippen MR) is 209 cm³/mol. The third-order valence-electron chi connectivity index (χ3n) is 8.46. The second kappa shape index (κ2) is 19.7. The molecule has 2 nitrogen and oxygen atoms in total. The van der Waals surface area contributed by atoms with E-state index in [2.05, 4.69) is 189 Å². The zero-order valence-corrected chi connectivity index (χ0v) is 29.4. The Labute approximate surface area is 295 Å². The number of hydrogen-bond acceptors (Lipinski definition) is 2. The largest absolute Gasteiger partial charge is 0.310 e. The van der Waals surface area contributed by atoms with Gasteiger partial charge in [-0.3, -0.25) is 0 Å². The van der Waals surface area contributed by atoms with Crippen molar-refractivity contribution in [3.8, 4) is 0 Å². The monoisotopic (exact) mass is 662 g/mol. The lowest BCUT2D eigenvalue weighted by atomic mass is 9.88. The van der Waals surface area contributed by atoms with Gasteiger partial charge in [0.1, 0.15) is 0 Å². The molecule has 244 valence electrons. The Bertz CT molecular complexity index is 1570. The molecule has 0 radical (unpaired) electrons. The molecule has 1 atom stereocenters. The molecule has 0 saturated heterocycles. The Hall–Kier alpha value is -3.92. The van der Waals surface area contributed by atoms with Crippen molar-refractivity contribution >= 4 is 42.5 Å². The van der Waals surface area contributed by atoms with Crippen LogP contribution in [0.4, 0.5) is 0 Å². The molecule has 6 rings (SSSR count). The molecule has 47 heavy (non-hydrogen) atoms. The molecule has 0 aliphatic heterocycles. The summed E-state index contributed by atoms with van der Waals surface area (Å²) in [5, 5.41) is 3.67. The zero-order valence-electron chi connectivity index (χ0n) is 27.8. The molecule has 0 bridgehead atoms. The smallest absolute Gasteiger partial charge is 0.0291 e. The summed E-state index contributed by atoms with van der Waals surface area (Å²) in [6.07, 6.45) is 8.97. The van der Waals surface area contributed by atoms with Crippen molar-refractivity contribution in [2.45, 2.75) is 31.7 Å². The lowest BCUT2D eigenvalue weighted by Gasteiger charge is -2.20. The van der Waals surface area contributed by atoms with E-state index in [1.54, 1.807) is 0 Å². The summed E-state index contributed by atoms with van der Waals surface area (Å²) in [5.74, 6) is 0.433. The van der Waals surface area contributed by atoms with E-state index in [1.807, 2.05) is 0 Å². The highest BCUT2D eigenvalue weighted by Gasteiger charge is 2.15. The summed E-state index contributed by atoms with van der Waals surface area (Å²) in [6.45, 7) is 4.29. The van der Waals surface area contributed by atoms with Gasteiger partial charge >= 0.3 is 0 Å². The fourth-order valence-corrected chi connectivity index (χ4v) is 5.99. The second-order valence-corrected chi connectivity index (χ2v) is 12.0. The normalized spacial score (nSPS) is 12.0. The molecule has 1 aliphatic carbocycles. The van der Waals surface area contributed by atoms with Gasteiger partial charge in [-0.1, -0.05) is 158 Å². The van der Waals surface area contributed by atoms with Crippen LogP contribution in [0.15, 0.2) is 146 Å². The van der Waals surface area contributed by atoms with Crippen LogP contribution in [0.1, 0.15) is 70.7 Å². The van der Waals surface area contributed by atoms with Crippen molar-refractivity contribution in [2.24, 2.45) is 0 Å². The Morgan fingerprint density at radius 1 is 0.574 bits per heavy atom. The SMILES string of the molecule is CC(NCCC(c1ccccc1)c1ccccc1)c1ccccc1.CN(C)CCC=C1c2ccccc2C=Cc2ccccc21.Cl.Cl. The topological polar surface area (TPSA) is 15.3 Å². The van der Waals surface area contributed by atoms with Crippen molar-refractivity contribution in [1.29, 1.82) is 0 Å². The molecule has 5 aromatic rings. The molecule has 1 N–H and O–H groups in total. The highest BCUT2D eigenvalue weighted by Crippen LogP contribution is 2.34. The van der Waals surface area contributed by atoms with Crippen LogP contribution in [-0.4, -0.2) is 32.1 Å². The Balaban J connectivity index is 0.000000247. The molecule has 5 aromatic carbocycles. The van der Waals surface area contributed by atoms with Crippen LogP contribution in [0.3, 0.4) is 0 Å². The summed E-state index contributed by atoms with van der Waals surface area (Å²) in [4.78, 5) is 2.23. The Kier molecular flexibility index (Phi) is 15.7. The number of rotatable bonds is 10. The summed E-state index contributed by atoms with van der Waals surface area (Å²) >= 11 is 0. The third kappa shape index (κ3) is 10.8. The summed E-state index contributed by atoms with van der Waals surface area (Å²) in [7, 11) is 4.24. The minimum atomic E-state index is 0. The van der Waals surface area contributed by atoms with Gasteiger partial charge in [0.05, 0.1) is 0 Å². The maximum absolute atomic E-state index is 3.67. The average Bonchev–Trinajstić information content (AvgIpc) is 3.25. The molecule has 1 aliphatic rings. The van der Waals surface area contributed by atoms with Crippen molar-refractivity contribution in [3.05, 3.63) is 185 Å². The van der Waals surface area contributed by atoms with E-state index in [-0.39, 0.29) is 24.8 Å². The first-order chi connectivity index (χ1) is 22.1. The number of halogens is 2. The number of nitrogens with one attached hydrogen (secondary N) is 1. The maximum Gasteiger partial charge on any atom is 0.0291 e. The summed E-state index contributed by atoms with van der Waals surface area (Å²) in [6, 6.07) is 49.9. The first kappa shape index (κ1) is 37.5. The van der Waals surface area contributed by atoms with Gasteiger partial charge in [0.25, 0.3) is 0 Å². The number of nitrogens with zero attached hydrogens (tertiary/aromatic N) is 1. The van der Waals surface area contributed by atoms with Crippen molar-refractivity contribution in [3.63, 3.8) is 0 Å². The summed E-state index contributed by atoms with van der Waals surface area (Å²) in [5.41, 5.74) is 10.7. The first-order valence-corrected chi connectivity index (χ1v) is 16.2. The average molecular weight is 664 g/mol. The standard InChI is InChI=1S/C23H25N.C20H21N.2ClH/c1-19(20-11-5-2-6-12-20)24-18-17-23(21-13-7-3-8-14-21)22-15-9-4-10-16-22;1-21(2)15-7-12-20-18-10-5-3-8-16(18)13-14-17-9-4-6-11-19(17)20;;/h2-16,19,23-24H,17-18H2,1H3;3-6,8-14H,7,15H2,1-2H3;2*1H. The van der Waals surface area contributed by atoms with E-state index in [9.17, 15) is 0 Å². The molecular weight excluding hydrogens is 615 g/mol. The molecule has 0 spiro atoms. The minimum Gasteiger partial charge on any atom is -0.310 e. The molecule has 4 heteroatoms. The molecule has 0 fully saturated rings. The van der Waals surface area contributed by atoms with Gasteiger partial charge in [0, 0.05) is 18.5 Å². The van der Waals surface area contributed by atoms with Crippen LogP contribution < -0.4 is 5.32 Å². The van der Waals surface area contributed by atoms with Crippen LogP contribution in [0, 0.1) is 0 Å². The van der Waals surface area contributed by atoms with Crippen LogP contribution in [0.5, 0.6) is 0 Å². The number of fused-ring (bicyclic) bond motifs is 2. The van der Waals surface area contributed by atoms with E-state index in [0.717, 1.165) is 25.9 Å². The molecule has 0 amide bonds. The van der Waals surface area contributed by atoms with Gasteiger partial charge < -0.3 is 10.2 Å². The van der Waals surface area contributed by atoms with Crippen molar-refractivity contribution in [2.75, 3.05) is 27.2 Å². The quantitative estimate of drug-likeness (QED) is 0.157. The first-order valence-electron chi connectivity index (χ1n) is 16.2. The van der Waals surface area contributed by atoms with E-state index in [4.69, 9.17) is 0 Å². The number of hydrogen-bond donors (Lipinski definition) is 1. The van der Waals surface area contributed by atoms with Crippen LogP contribution in [0.2, 0.25) is 0 Å². The fraction of sp³-hybridized carbons (Fsp3) is 0.209. The van der Waals surface area contributed by atoms with Crippen LogP contribution in [0.25, 0.3) is 17.7 Å². The van der Waals surface area contributed by atoms with Gasteiger partial charge in [0.15, 0.2) is 0 Å². The lowest BCUT2D eigenvalue weighted by Crippen LogP contribution is -2.21. The summed E-state index contributed by atoms with van der Waals surface area (Å²) < 4.78 is 0. The van der Waals surface area contributed by atoms with E-state index >= 15 is 0 Å². The predicted octanol–water partition coefficient (Wildman–Crippen LogP) is 11.0. The van der Waals surface area contributed by atoms with Crippen molar-refractivity contribution in [1.82, 2.24) is 10.2 Å². The number of benzene rings is 5. The van der Waals surface area contributed by atoms with Gasteiger partial charge in [-0.25, -0.2) is 0 Å². The lowest BCUT2D eigenvalue weighted by molar-refractivity contribution is 0.417. The highest BCUT2D eigenvalue weighted by atomic mass is 35.5. The zero-order chi connectivity index (χ0) is 31.3. The second-order valence-electron chi connectivity index (χ2n) is 12.0. The van der Waals surface area contributed by atoms with E-state index in [0.29, 0.717) is 12.0 Å². The van der Waals surface area contributed by atoms with Gasteiger partial charge in [-0.15, -0.1) is 24.8 Å². The molecule has 0 heterocycles.